The van der Waals surface area contributed by atoms with Gasteiger partial charge in [-0.2, -0.15) is 0 Å². The third kappa shape index (κ3) is 3.62. The maximum absolute atomic E-state index is 6.05. The van der Waals surface area contributed by atoms with Gasteiger partial charge in [-0.1, -0.05) is 29.3 Å². The van der Waals surface area contributed by atoms with E-state index < -0.39 is 0 Å². The van der Waals surface area contributed by atoms with Crippen LogP contribution in [0.15, 0.2) is 35.2 Å². The van der Waals surface area contributed by atoms with Crippen molar-refractivity contribution in [2.75, 3.05) is 0 Å². The first-order valence-corrected chi connectivity index (χ1v) is 7.86. The van der Waals surface area contributed by atoms with E-state index in [1.54, 1.807) is 11.8 Å². The topological polar surface area (TPSA) is 25.8 Å². The Hall–Kier alpha value is -0.770. The van der Waals surface area contributed by atoms with Crippen molar-refractivity contribution < 1.29 is 0 Å². The number of thioether (sulfide) groups is 1. The molecule has 0 unspecified atom stereocenters. The second kappa shape index (κ2) is 5.70. The van der Waals surface area contributed by atoms with E-state index in [-0.39, 0.29) is 0 Å². The van der Waals surface area contributed by atoms with Crippen LogP contribution in [0.1, 0.15) is 30.3 Å². The van der Waals surface area contributed by atoms with Crippen LogP contribution >= 0.6 is 35.0 Å². The van der Waals surface area contributed by atoms with Gasteiger partial charge >= 0.3 is 0 Å². The molecule has 0 N–H and O–H groups in total. The lowest BCUT2D eigenvalue weighted by Crippen LogP contribution is -1.97. The van der Waals surface area contributed by atoms with E-state index in [9.17, 15) is 0 Å². The summed E-state index contributed by atoms with van der Waals surface area (Å²) in [5.74, 6) is 2.09. The monoisotopic (exact) mass is 310 g/mol. The summed E-state index contributed by atoms with van der Waals surface area (Å²) < 4.78 is 0. The average molecular weight is 311 g/mol. The van der Waals surface area contributed by atoms with Crippen molar-refractivity contribution >= 4 is 35.0 Å². The number of hydrogen-bond donors (Lipinski definition) is 0. The first-order chi connectivity index (χ1) is 9.20. The molecule has 0 aliphatic heterocycles. The molecule has 0 bridgehead atoms. The third-order valence-electron chi connectivity index (χ3n) is 2.92. The van der Waals surface area contributed by atoms with Gasteiger partial charge in [0.1, 0.15) is 11.0 Å². The molecule has 3 rings (SSSR count). The molecule has 1 heterocycles. The molecule has 1 aromatic carbocycles. The summed E-state index contributed by atoms with van der Waals surface area (Å²) in [6.07, 6.45) is 2.43. The van der Waals surface area contributed by atoms with E-state index in [2.05, 4.69) is 9.97 Å². The van der Waals surface area contributed by atoms with Crippen molar-refractivity contribution in [2.24, 2.45) is 0 Å². The van der Waals surface area contributed by atoms with Gasteiger partial charge in [0.15, 0.2) is 0 Å². The maximum atomic E-state index is 6.05. The Labute approximate surface area is 126 Å². The normalized spacial score (nSPS) is 14.6. The lowest BCUT2D eigenvalue weighted by Gasteiger charge is -2.04. The van der Waals surface area contributed by atoms with Gasteiger partial charge in [-0.05, 0) is 37.1 Å². The molecule has 1 saturated carbocycles. The van der Waals surface area contributed by atoms with Gasteiger partial charge in [-0.15, -0.1) is 11.8 Å². The van der Waals surface area contributed by atoms with Gasteiger partial charge in [-0.25, -0.2) is 9.97 Å². The van der Waals surface area contributed by atoms with E-state index in [1.807, 2.05) is 30.3 Å². The number of halogens is 2. The molecule has 0 radical (unpaired) electrons. The number of hydrogen-bond acceptors (Lipinski definition) is 3. The molecule has 1 aliphatic rings. The summed E-state index contributed by atoms with van der Waals surface area (Å²) >= 11 is 13.7. The average Bonchev–Trinajstić information content (AvgIpc) is 3.20. The minimum Gasteiger partial charge on any atom is -0.237 e. The van der Waals surface area contributed by atoms with Crippen LogP contribution in [-0.4, -0.2) is 9.97 Å². The number of benzene rings is 1. The number of aromatic nitrogens is 2. The van der Waals surface area contributed by atoms with Gasteiger partial charge in [0.2, 0.25) is 0 Å². The van der Waals surface area contributed by atoms with Gasteiger partial charge in [0.05, 0.1) is 5.75 Å². The molecule has 2 nitrogen and oxygen atoms in total. The van der Waals surface area contributed by atoms with Crippen LogP contribution in [0.2, 0.25) is 10.2 Å². The molecule has 0 amide bonds. The minimum atomic E-state index is 0.540. The molecule has 1 fully saturated rings. The van der Waals surface area contributed by atoms with Crippen LogP contribution in [0.3, 0.4) is 0 Å². The van der Waals surface area contributed by atoms with Gasteiger partial charge in [0.25, 0.3) is 0 Å². The molecule has 2 aromatic rings. The van der Waals surface area contributed by atoms with E-state index in [0.717, 1.165) is 21.4 Å². The molecule has 0 atom stereocenters. The lowest BCUT2D eigenvalue weighted by molar-refractivity contribution is 0.932. The molecule has 0 spiro atoms. The first-order valence-electron chi connectivity index (χ1n) is 6.12. The summed E-state index contributed by atoms with van der Waals surface area (Å²) in [4.78, 5) is 9.98. The SMILES string of the molecule is Clc1cccc(SCc2nc(Cl)cc(C3CC3)n2)c1. The Kier molecular flexibility index (Phi) is 3.96. The number of rotatable bonds is 4. The first kappa shape index (κ1) is 13.2. The zero-order valence-electron chi connectivity index (χ0n) is 10.1. The molecule has 19 heavy (non-hydrogen) atoms. The molecular weight excluding hydrogens is 299 g/mol. The van der Waals surface area contributed by atoms with Crippen molar-refractivity contribution in [1.82, 2.24) is 9.97 Å². The molecule has 5 heteroatoms. The van der Waals surface area contributed by atoms with Gasteiger partial charge in [-0.3, -0.25) is 0 Å². The fourth-order valence-electron chi connectivity index (χ4n) is 1.84. The van der Waals surface area contributed by atoms with E-state index in [1.165, 1.54) is 12.8 Å². The molecule has 1 aromatic heterocycles. The Morgan fingerprint density at radius 3 is 2.74 bits per heavy atom. The highest BCUT2D eigenvalue weighted by Crippen LogP contribution is 2.39. The summed E-state index contributed by atoms with van der Waals surface area (Å²) in [7, 11) is 0. The molecular formula is C14H12Cl2N2S. The Morgan fingerprint density at radius 1 is 1.16 bits per heavy atom. The van der Waals surface area contributed by atoms with Crippen molar-refractivity contribution in [3.63, 3.8) is 0 Å². The third-order valence-corrected chi connectivity index (χ3v) is 4.34. The summed E-state index contributed by atoms with van der Waals surface area (Å²) in [6.45, 7) is 0. The van der Waals surface area contributed by atoms with Crippen LogP contribution < -0.4 is 0 Å². The molecule has 0 saturated heterocycles. The standard InChI is InChI=1S/C14H12Cl2N2S/c15-10-2-1-3-11(6-10)19-8-14-17-12(9-4-5-9)7-13(16)18-14/h1-3,6-7,9H,4-5,8H2. The second-order valence-electron chi connectivity index (χ2n) is 4.55. The Morgan fingerprint density at radius 2 is 2.00 bits per heavy atom. The van der Waals surface area contributed by atoms with Crippen LogP contribution in [0.5, 0.6) is 0 Å². The highest BCUT2D eigenvalue weighted by molar-refractivity contribution is 7.98. The van der Waals surface area contributed by atoms with Gasteiger partial charge in [0, 0.05) is 21.5 Å². The summed E-state index contributed by atoms with van der Waals surface area (Å²) in [5, 5.41) is 1.29. The smallest absolute Gasteiger partial charge is 0.140 e. The Balaban J connectivity index is 1.72. The number of nitrogens with zero attached hydrogens (tertiary/aromatic N) is 2. The van der Waals surface area contributed by atoms with Crippen molar-refractivity contribution in [3.05, 3.63) is 52.0 Å². The van der Waals surface area contributed by atoms with Crippen LogP contribution in [0, 0.1) is 0 Å². The highest BCUT2D eigenvalue weighted by atomic mass is 35.5. The van der Waals surface area contributed by atoms with Crippen LogP contribution in [0.4, 0.5) is 0 Å². The van der Waals surface area contributed by atoms with Crippen molar-refractivity contribution in [2.45, 2.75) is 29.4 Å². The van der Waals surface area contributed by atoms with Crippen molar-refractivity contribution in [1.29, 1.82) is 0 Å². The summed E-state index contributed by atoms with van der Waals surface area (Å²) in [5.41, 5.74) is 1.08. The van der Waals surface area contributed by atoms with Crippen LogP contribution in [0.25, 0.3) is 0 Å². The van der Waals surface area contributed by atoms with E-state index >= 15 is 0 Å². The maximum Gasteiger partial charge on any atom is 0.140 e. The second-order valence-corrected chi connectivity index (χ2v) is 6.42. The van der Waals surface area contributed by atoms with Crippen molar-refractivity contribution in [3.8, 4) is 0 Å². The predicted octanol–water partition coefficient (Wildman–Crippen LogP) is 4.95. The highest BCUT2D eigenvalue weighted by Gasteiger charge is 2.25. The molecule has 98 valence electrons. The minimum absolute atomic E-state index is 0.540. The van der Waals surface area contributed by atoms with E-state index in [4.69, 9.17) is 23.2 Å². The Bertz CT molecular complexity index is 600. The fraction of sp³-hybridized carbons (Fsp3) is 0.286. The molecule has 1 aliphatic carbocycles. The van der Waals surface area contributed by atoms with E-state index in [0.29, 0.717) is 16.8 Å². The lowest BCUT2D eigenvalue weighted by atomic mass is 10.3. The largest absolute Gasteiger partial charge is 0.237 e. The quantitative estimate of drug-likeness (QED) is 0.590. The zero-order chi connectivity index (χ0) is 13.2. The van der Waals surface area contributed by atoms with Gasteiger partial charge < -0.3 is 0 Å². The zero-order valence-corrected chi connectivity index (χ0v) is 12.5. The predicted molar refractivity (Wildman–Crippen MR) is 80.0 cm³/mol. The summed E-state index contributed by atoms with van der Waals surface area (Å²) in [6, 6.07) is 9.67. The fourth-order valence-corrected chi connectivity index (χ4v) is 3.12. The van der Waals surface area contributed by atoms with Crippen LogP contribution in [-0.2, 0) is 5.75 Å².